The van der Waals surface area contributed by atoms with Crippen LogP contribution in [0.1, 0.15) is 5.69 Å². The van der Waals surface area contributed by atoms with E-state index in [-0.39, 0.29) is 18.6 Å². The first-order valence-electron chi connectivity index (χ1n) is 3.67. The number of hydrogen-bond acceptors (Lipinski definition) is 3. The molecule has 71 valence electrons. The summed E-state index contributed by atoms with van der Waals surface area (Å²) in [5, 5.41) is 0.372. The van der Waals surface area contributed by atoms with Gasteiger partial charge < -0.3 is 14.5 Å². The Labute approximate surface area is 98.2 Å². The molecule has 0 N–H and O–H groups in total. The van der Waals surface area contributed by atoms with Crippen molar-refractivity contribution in [3.8, 4) is 5.95 Å². The van der Waals surface area contributed by atoms with Crippen LogP contribution in [0.5, 0.6) is 0 Å². The van der Waals surface area contributed by atoms with Crippen molar-refractivity contribution in [2.24, 2.45) is 0 Å². The van der Waals surface area contributed by atoms with E-state index in [2.05, 4.69) is 21.1 Å². The topological polar surface area (TPSA) is 43.6 Å². The first-order chi connectivity index (χ1) is 6.25. The fourth-order valence-corrected chi connectivity index (χ4v) is 1.07. The maximum absolute atomic E-state index is 5.69. The molecule has 0 saturated carbocycles. The molecule has 0 saturated heterocycles. The zero-order valence-electron chi connectivity index (χ0n) is 7.35. The van der Waals surface area contributed by atoms with Gasteiger partial charge in [0.15, 0.2) is 0 Å². The van der Waals surface area contributed by atoms with Crippen LogP contribution in [0.25, 0.3) is 5.95 Å². The number of hydrogen-bond donors (Lipinski definition) is 0. The SMILES string of the molecule is Cc1cn(-c2n[c-]cc(Cl)n2)cn1.[V]. The van der Waals surface area contributed by atoms with Gasteiger partial charge in [-0.2, -0.15) is 0 Å². The number of rotatable bonds is 1. The predicted octanol–water partition coefficient (Wildman–Crippen LogP) is 1.42. The van der Waals surface area contributed by atoms with Gasteiger partial charge in [-0.25, -0.2) is 4.98 Å². The quantitative estimate of drug-likeness (QED) is 0.563. The van der Waals surface area contributed by atoms with Gasteiger partial charge in [0.2, 0.25) is 0 Å². The smallest absolute Gasteiger partial charge is 0.119 e. The molecule has 0 spiro atoms. The molecule has 6 heteroatoms. The largest absolute Gasteiger partial charge is 0.354 e. The van der Waals surface area contributed by atoms with E-state index in [4.69, 9.17) is 11.6 Å². The molecule has 1 radical (unpaired) electrons. The molecule has 0 unspecified atom stereocenters. The molecule has 0 fully saturated rings. The van der Waals surface area contributed by atoms with Gasteiger partial charge in [0.25, 0.3) is 0 Å². The standard InChI is InChI=1S/C8H6ClN4.V/c1-6-4-13(5-11-6)8-10-3-2-7(9)12-8;/h2,4-5H,1H3;/q-1;. The van der Waals surface area contributed by atoms with E-state index in [1.54, 1.807) is 10.9 Å². The zero-order valence-corrected chi connectivity index (χ0v) is 9.50. The van der Waals surface area contributed by atoms with Crippen molar-refractivity contribution in [1.29, 1.82) is 0 Å². The average Bonchev–Trinajstić information content (AvgIpc) is 2.52. The summed E-state index contributed by atoms with van der Waals surface area (Å²) < 4.78 is 1.69. The van der Waals surface area contributed by atoms with Gasteiger partial charge in [-0.15, -0.1) is 17.7 Å². The molecule has 4 nitrogen and oxygen atoms in total. The van der Waals surface area contributed by atoms with Crippen LogP contribution in [0.3, 0.4) is 0 Å². The number of aryl methyl sites for hydroxylation is 1. The Hall–Kier alpha value is -0.836. The Balaban J connectivity index is 0.000000980. The second-order valence-corrected chi connectivity index (χ2v) is 2.93. The van der Waals surface area contributed by atoms with Crippen LogP contribution < -0.4 is 0 Å². The van der Waals surface area contributed by atoms with Crippen LogP contribution in [0.15, 0.2) is 18.6 Å². The van der Waals surface area contributed by atoms with Crippen LogP contribution >= 0.6 is 11.6 Å². The number of imidazole rings is 1. The Bertz CT molecular complexity index is 429. The second kappa shape index (κ2) is 4.60. The van der Waals surface area contributed by atoms with Crippen LogP contribution in [-0.2, 0) is 18.6 Å². The molecular weight excluding hydrogens is 239 g/mol. The molecule has 2 heterocycles. The van der Waals surface area contributed by atoms with Gasteiger partial charge in [0.1, 0.15) is 5.95 Å². The molecule has 0 aliphatic carbocycles. The summed E-state index contributed by atoms with van der Waals surface area (Å²) in [5.41, 5.74) is 0.906. The minimum Gasteiger partial charge on any atom is -0.354 e. The Kier molecular flexibility index (Phi) is 3.69. The normalized spacial score (nSPS) is 9.57. The van der Waals surface area contributed by atoms with Crippen LogP contribution in [0, 0.1) is 13.1 Å². The van der Waals surface area contributed by atoms with Crippen molar-refractivity contribution >= 4 is 11.6 Å². The predicted molar refractivity (Wildman–Crippen MR) is 47.7 cm³/mol. The molecule has 2 rings (SSSR count). The van der Waals surface area contributed by atoms with E-state index in [9.17, 15) is 0 Å². The molecule has 0 aliphatic heterocycles. The summed E-state index contributed by atoms with van der Waals surface area (Å²) in [6.07, 6.45) is 6.10. The molecule has 2 aromatic rings. The first kappa shape index (κ1) is 11.2. The van der Waals surface area contributed by atoms with Gasteiger partial charge >= 0.3 is 0 Å². The van der Waals surface area contributed by atoms with Crippen molar-refractivity contribution < 1.29 is 18.6 Å². The van der Waals surface area contributed by atoms with E-state index in [0.29, 0.717) is 11.1 Å². The van der Waals surface area contributed by atoms with E-state index in [0.717, 1.165) is 5.69 Å². The minimum atomic E-state index is 0. The van der Waals surface area contributed by atoms with Crippen molar-refractivity contribution in [3.63, 3.8) is 0 Å². The fourth-order valence-electron chi connectivity index (χ4n) is 0.942. The van der Waals surface area contributed by atoms with E-state index in [1.165, 1.54) is 6.07 Å². The summed E-state index contributed by atoms with van der Waals surface area (Å²) in [6.45, 7) is 1.89. The number of aromatic nitrogens is 4. The first-order valence-corrected chi connectivity index (χ1v) is 4.05. The summed E-state index contributed by atoms with van der Waals surface area (Å²) in [5.74, 6) is 0.480. The molecule has 0 aromatic carbocycles. The van der Waals surface area contributed by atoms with Gasteiger partial charge in [-0.1, -0.05) is 6.20 Å². The molecular formula is C8H6ClN4V-. The average molecular weight is 245 g/mol. The third kappa shape index (κ3) is 2.35. The van der Waals surface area contributed by atoms with Crippen molar-refractivity contribution in [1.82, 2.24) is 19.5 Å². The van der Waals surface area contributed by atoms with Gasteiger partial charge in [-0.05, 0) is 6.92 Å². The second-order valence-electron chi connectivity index (χ2n) is 2.54. The molecule has 14 heavy (non-hydrogen) atoms. The van der Waals surface area contributed by atoms with Crippen LogP contribution in [0.4, 0.5) is 0 Å². The van der Waals surface area contributed by atoms with Crippen LogP contribution in [0.2, 0.25) is 5.15 Å². The Morgan fingerprint density at radius 2 is 2.29 bits per heavy atom. The van der Waals surface area contributed by atoms with Crippen molar-refractivity contribution in [3.05, 3.63) is 35.6 Å². The Morgan fingerprint density at radius 1 is 1.50 bits per heavy atom. The number of halogens is 1. The molecule has 0 atom stereocenters. The zero-order chi connectivity index (χ0) is 9.26. The Morgan fingerprint density at radius 3 is 2.86 bits per heavy atom. The molecule has 0 bridgehead atoms. The van der Waals surface area contributed by atoms with E-state index < -0.39 is 0 Å². The van der Waals surface area contributed by atoms with E-state index >= 15 is 0 Å². The van der Waals surface area contributed by atoms with Crippen LogP contribution in [-0.4, -0.2) is 19.5 Å². The third-order valence-electron chi connectivity index (χ3n) is 1.50. The molecule has 0 amide bonds. The van der Waals surface area contributed by atoms with E-state index in [1.807, 2.05) is 13.1 Å². The maximum Gasteiger partial charge on any atom is 0.119 e. The monoisotopic (exact) mass is 244 g/mol. The van der Waals surface area contributed by atoms with Gasteiger partial charge in [-0.3, -0.25) is 0 Å². The third-order valence-corrected chi connectivity index (χ3v) is 1.69. The summed E-state index contributed by atoms with van der Waals surface area (Å²) in [6, 6.07) is 1.51. The summed E-state index contributed by atoms with van der Waals surface area (Å²) in [4.78, 5) is 12.0. The fraction of sp³-hybridized carbons (Fsp3) is 0.125. The summed E-state index contributed by atoms with van der Waals surface area (Å²) in [7, 11) is 0. The molecule has 0 aliphatic rings. The van der Waals surface area contributed by atoms with Gasteiger partial charge in [0.05, 0.1) is 12.0 Å². The maximum atomic E-state index is 5.69. The van der Waals surface area contributed by atoms with Crippen molar-refractivity contribution in [2.75, 3.05) is 0 Å². The van der Waals surface area contributed by atoms with Crippen molar-refractivity contribution in [2.45, 2.75) is 6.92 Å². The van der Waals surface area contributed by atoms with Gasteiger partial charge in [0, 0.05) is 29.9 Å². The summed E-state index contributed by atoms with van der Waals surface area (Å²) >= 11 is 5.69. The molecule has 2 aromatic heterocycles. The number of nitrogens with zero attached hydrogens (tertiary/aromatic N) is 4. The minimum absolute atomic E-state index is 0.